The molecule has 2 aromatic carbocycles. The lowest BCUT2D eigenvalue weighted by Gasteiger charge is -2.30. The molecule has 15 nitrogen and oxygen atoms in total. The zero-order chi connectivity index (χ0) is 47.6. The maximum atomic E-state index is 14.4. The second-order valence-corrected chi connectivity index (χ2v) is 18.5. The second-order valence-electron chi connectivity index (χ2n) is 18.5. The van der Waals surface area contributed by atoms with E-state index in [-0.39, 0.29) is 85.8 Å². The summed E-state index contributed by atoms with van der Waals surface area (Å²) < 4.78 is 0. The van der Waals surface area contributed by atoms with Gasteiger partial charge in [0.15, 0.2) is 5.78 Å². The number of fused-ring (bicyclic) bond motifs is 2. The van der Waals surface area contributed by atoms with E-state index in [4.69, 9.17) is 0 Å². The van der Waals surface area contributed by atoms with Crippen LogP contribution in [0.25, 0.3) is 0 Å². The van der Waals surface area contributed by atoms with Gasteiger partial charge in [-0.1, -0.05) is 80.9 Å². The summed E-state index contributed by atoms with van der Waals surface area (Å²) in [5.74, 6) is -3.99. The minimum absolute atomic E-state index is 0.000491. The monoisotopic (exact) mass is 912 g/mol. The number of rotatable bonds is 11. The highest BCUT2D eigenvalue weighted by atomic mass is 16.2. The summed E-state index contributed by atoms with van der Waals surface area (Å²) in [6.45, 7) is 6.67. The maximum Gasteiger partial charge on any atom is 0.245 e. The average Bonchev–Trinajstić information content (AvgIpc) is 4.03. The molecule has 15 heteroatoms. The van der Waals surface area contributed by atoms with E-state index in [2.05, 4.69) is 26.6 Å². The van der Waals surface area contributed by atoms with Crippen LogP contribution >= 0.6 is 0 Å². The molecular weight excluding hydrogens is 839 g/mol. The lowest BCUT2D eigenvalue weighted by atomic mass is 9.89. The third-order valence-electron chi connectivity index (χ3n) is 13.7. The number of nitrogens with zero attached hydrogens (tertiary/aromatic N) is 2. The third-order valence-corrected chi connectivity index (χ3v) is 13.7. The van der Waals surface area contributed by atoms with Gasteiger partial charge in [0.2, 0.25) is 35.4 Å². The number of likely N-dealkylation sites (N-methyl/N-ethyl adjacent to an activating group) is 1. The lowest BCUT2D eigenvalue weighted by Crippen LogP contribution is -2.57. The van der Waals surface area contributed by atoms with Gasteiger partial charge in [0.05, 0.1) is 12.1 Å². The van der Waals surface area contributed by atoms with Crippen molar-refractivity contribution >= 4 is 47.0 Å². The number of hydrogen-bond acceptors (Lipinski definition) is 9. The minimum Gasteiger partial charge on any atom is -0.356 e. The molecule has 66 heavy (non-hydrogen) atoms. The molecule has 0 aliphatic carbocycles. The van der Waals surface area contributed by atoms with E-state index in [0.717, 1.165) is 11.1 Å². The largest absolute Gasteiger partial charge is 0.356 e. The molecule has 0 spiro atoms. The van der Waals surface area contributed by atoms with E-state index in [0.29, 0.717) is 83.7 Å². The van der Waals surface area contributed by atoms with Gasteiger partial charge in [0, 0.05) is 63.2 Å². The molecule has 3 aliphatic rings. The highest BCUT2D eigenvalue weighted by Gasteiger charge is 2.41. The van der Waals surface area contributed by atoms with Crippen molar-refractivity contribution in [3.8, 4) is 0 Å². The first-order valence-electron chi connectivity index (χ1n) is 24.4. The van der Waals surface area contributed by atoms with E-state index < -0.39 is 48.0 Å². The Morgan fingerprint density at radius 3 is 1.86 bits per heavy atom. The molecule has 3 aliphatic heterocycles. The zero-order valence-electron chi connectivity index (χ0n) is 39.5. The summed E-state index contributed by atoms with van der Waals surface area (Å²) >= 11 is 0. The summed E-state index contributed by atoms with van der Waals surface area (Å²) in [5, 5.41) is 14.9. The smallest absolute Gasteiger partial charge is 0.245 e. The van der Waals surface area contributed by atoms with Gasteiger partial charge >= 0.3 is 0 Å². The number of carbonyl (C=O) groups excluding carboxylic acids is 8. The molecule has 2 unspecified atom stereocenters. The highest BCUT2D eigenvalue weighted by Crippen LogP contribution is 2.28. The standard InChI is InChI=1S/C51H73N7O8/c1-5-34(2)46(61)55-40-23-13-15-26-53-47(62)39(30-36-18-8-6-9-19-36)33-45(60)42-24-16-28-57(42)50(65)38(32-44(59)35(3)52-4)22-12-14-27-54-48(63)41(31-37-20-10-7-11-21-37)56-49(64)43-25-17-29-58(43)51(40)66/h6-11,18-21,34-35,38-43,52H,5,12-17,22-33H2,1-4H3,(H,53,62)(H,54,63)(H,55,61)(H,56,64)/t34-,35+,38-,39-,40+,41+,42?,43?/m1/s1. The predicted octanol–water partition coefficient (Wildman–Crippen LogP) is 3.81. The fourth-order valence-electron chi connectivity index (χ4n) is 9.30. The van der Waals surface area contributed by atoms with Gasteiger partial charge in [-0.3, -0.25) is 38.4 Å². The van der Waals surface area contributed by atoms with Gasteiger partial charge < -0.3 is 36.4 Å². The number of amides is 6. The Bertz CT molecular complexity index is 1820. The van der Waals surface area contributed by atoms with Crippen molar-refractivity contribution in [2.24, 2.45) is 17.8 Å². The molecule has 3 fully saturated rings. The number of Topliss-reactive ketones (excluding diaryl/α,β-unsaturated/α-hetero) is 2. The number of ketones is 2. The molecule has 5 N–H and O–H groups in total. The summed E-state index contributed by atoms with van der Waals surface area (Å²) in [4.78, 5) is 115. The Labute approximate surface area is 390 Å². The van der Waals surface area contributed by atoms with Crippen LogP contribution < -0.4 is 26.6 Å². The Morgan fingerprint density at radius 2 is 1.24 bits per heavy atom. The zero-order valence-corrected chi connectivity index (χ0v) is 39.5. The van der Waals surface area contributed by atoms with Gasteiger partial charge in [-0.15, -0.1) is 0 Å². The minimum atomic E-state index is -0.945. The third kappa shape index (κ3) is 14.8. The van der Waals surface area contributed by atoms with E-state index >= 15 is 0 Å². The number of benzene rings is 2. The van der Waals surface area contributed by atoms with Crippen molar-refractivity contribution in [3.63, 3.8) is 0 Å². The molecule has 8 atom stereocenters. The van der Waals surface area contributed by atoms with Gasteiger partial charge in [0.1, 0.15) is 23.9 Å². The van der Waals surface area contributed by atoms with Crippen LogP contribution in [-0.4, -0.2) is 120 Å². The fraction of sp³-hybridized carbons (Fsp3) is 0.608. The lowest BCUT2D eigenvalue weighted by molar-refractivity contribution is -0.143. The number of hydrogen-bond donors (Lipinski definition) is 5. The first-order chi connectivity index (χ1) is 31.8. The van der Waals surface area contributed by atoms with Crippen molar-refractivity contribution in [1.29, 1.82) is 0 Å². The summed E-state index contributed by atoms with van der Waals surface area (Å²) in [5.41, 5.74) is 1.74. The molecule has 0 bridgehead atoms. The van der Waals surface area contributed by atoms with Crippen LogP contribution in [0.15, 0.2) is 60.7 Å². The molecular formula is C51H73N7O8. The Hall–Kier alpha value is -5.44. The highest BCUT2D eigenvalue weighted by molar-refractivity contribution is 5.96. The van der Waals surface area contributed by atoms with Gasteiger partial charge in [-0.2, -0.15) is 0 Å². The molecule has 0 radical (unpaired) electrons. The van der Waals surface area contributed by atoms with Crippen molar-refractivity contribution < 1.29 is 38.4 Å². The van der Waals surface area contributed by atoms with Crippen LogP contribution in [0, 0.1) is 17.8 Å². The average molecular weight is 912 g/mol. The Balaban J connectivity index is 1.41. The molecule has 360 valence electrons. The molecule has 3 heterocycles. The molecule has 6 amide bonds. The Kier molecular flexibility index (Phi) is 20.3. The predicted molar refractivity (Wildman–Crippen MR) is 252 cm³/mol. The maximum absolute atomic E-state index is 14.4. The van der Waals surface area contributed by atoms with E-state index in [1.165, 1.54) is 4.90 Å². The number of nitrogens with one attached hydrogen (secondary N) is 5. The van der Waals surface area contributed by atoms with Gasteiger partial charge in [-0.25, -0.2) is 0 Å². The molecule has 0 aromatic heterocycles. The van der Waals surface area contributed by atoms with Crippen molar-refractivity contribution in [1.82, 2.24) is 36.4 Å². The first kappa shape index (κ1) is 51.5. The van der Waals surface area contributed by atoms with Crippen LogP contribution in [0.5, 0.6) is 0 Å². The molecule has 2 aromatic rings. The molecule has 0 saturated carbocycles. The van der Waals surface area contributed by atoms with Crippen molar-refractivity contribution in [2.75, 3.05) is 33.2 Å². The SMILES string of the molecule is CC[C@@H](C)C(=O)N[C@H]1CCCCNC(=O)[C@H](Cc2ccccc2)CC(=O)C2CCCN2C(=O)[C@@H](CC(=O)[C@H](C)NC)CCCCNC(=O)[C@H](Cc2ccccc2)NC(=O)C2CCCN2C1=O. The van der Waals surface area contributed by atoms with E-state index in [1.54, 1.807) is 25.8 Å². The fourth-order valence-corrected chi connectivity index (χ4v) is 9.30. The van der Waals surface area contributed by atoms with Crippen LogP contribution in [0.2, 0.25) is 0 Å². The Morgan fingerprint density at radius 1 is 0.667 bits per heavy atom. The van der Waals surface area contributed by atoms with Crippen LogP contribution in [0.1, 0.15) is 115 Å². The summed E-state index contributed by atoms with van der Waals surface area (Å²) in [6, 6.07) is 15.0. The van der Waals surface area contributed by atoms with Gasteiger partial charge in [0.25, 0.3) is 0 Å². The first-order valence-corrected chi connectivity index (χ1v) is 24.4. The quantitative estimate of drug-likeness (QED) is 0.222. The van der Waals surface area contributed by atoms with Gasteiger partial charge in [-0.05, 0) is 95.7 Å². The second kappa shape index (κ2) is 26.0. The van der Waals surface area contributed by atoms with Crippen LogP contribution in [0.3, 0.4) is 0 Å². The van der Waals surface area contributed by atoms with Crippen molar-refractivity contribution in [3.05, 3.63) is 71.8 Å². The summed E-state index contributed by atoms with van der Waals surface area (Å²) in [6.07, 6.45) is 5.71. The van der Waals surface area contributed by atoms with E-state index in [9.17, 15) is 38.4 Å². The molecule has 3 saturated heterocycles. The van der Waals surface area contributed by atoms with E-state index in [1.807, 2.05) is 67.6 Å². The number of carbonyl (C=O) groups is 8. The van der Waals surface area contributed by atoms with Crippen LogP contribution in [-0.2, 0) is 51.2 Å². The normalized spacial score (nSPS) is 25.8. The van der Waals surface area contributed by atoms with Crippen LogP contribution in [0.4, 0.5) is 0 Å². The molecule has 5 rings (SSSR count). The summed E-state index contributed by atoms with van der Waals surface area (Å²) in [7, 11) is 1.69. The topological polar surface area (TPSA) is 203 Å². The van der Waals surface area contributed by atoms with Crippen molar-refractivity contribution in [2.45, 2.75) is 147 Å².